The van der Waals surface area contributed by atoms with Crippen LogP contribution in [0.4, 0.5) is 18.9 Å². The molecule has 1 aliphatic rings. The largest absolute Gasteiger partial charge is 0.432 e. The smallest absolute Gasteiger partial charge is 0.353 e. The minimum absolute atomic E-state index is 0.0781. The number of aromatic amines is 1. The quantitative estimate of drug-likeness (QED) is 0.728. The molecule has 158 valence electrons. The van der Waals surface area contributed by atoms with Gasteiger partial charge in [0, 0.05) is 23.8 Å². The van der Waals surface area contributed by atoms with Crippen molar-refractivity contribution < 1.29 is 26.4 Å². The normalized spacial score (nSPS) is 15.0. The van der Waals surface area contributed by atoms with Gasteiger partial charge in [0.25, 0.3) is 15.9 Å². The summed E-state index contributed by atoms with van der Waals surface area (Å²) < 4.78 is 68.9. The molecule has 1 amide bonds. The average Bonchev–Trinajstić information content (AvgIpc) is 3.24. The lowest BCUT2D eigenvalue weighted by Gasteiger charge is -2.18. The standard InChI is InChI=1S/C18H19ClF3N3O3S/c1-10-5-6-12(9-13(10)19)24-29(27,28)15-11(2)23-16(18(20,21)22)14(15)17(26)25-7-3-4-8-25/h5-6,9,23-24H,3-4,7-8H2,1-2H3. The van der Waals surface area contributed by atoms with Gasteiger partial charge in [0.15, 0.2) is 0 Å². The Hall–Kier alpha value is -2.20. The predicted molar refractivity (Wildman–Crippen MR) is 103 cm³/mol. The number of hydrogen-bond donors (Lipinski definition) is 2. The number of carbonyl (C=O) groups is 1. The molecular weight excluding hydrogens is 431 g/mol. The molecule has 2 N–H and O–H groups in total. The fourth-order valence-electron chi connectivity index (χ4n) is 3.30. The summed E-state index contributed by atoms with van der Waals surface area (Å²) in [7, 11) is -4.51. The number of nitrogens with zero attached hydrogens (tertiary/aromatic N) is 1. The van der Waals surface area contributed by atoms with Gasteiger partial charge in [-0.15, -0.1) is 0 Å². The van der Waals surface area contributed by atoms with E-state index in [0.29, 0.717) is 23.4 Å². The minimum Gasteiger partial charge on any atom is -0.353 e. The summed E-state index contributed by atoms with van der Waals surface area (Å²) in [6.07, 6.45) is -3.62. The first-order valence-electron chi connectivity index (χ1n) is 8.80. The molecule has 6 nitrogen and oxygen atoms in total. The number of sulfonamides is 1. The van der Waals surface area contributed by atoms with Gasteiger partial charge in [0.1, 0.15) is 10.6 Å². The first kappa shape index (κ1) is 21.5. The lowest BCUT2D eigenvalue weighted by molar-refractivity contribution is -0.141. The Morgan fingerprint density at radius 3 is 2.38 bits per heavy atom. The van der Waals surface area contributed by atoms with E-state index in [4.69, 9.17) is 11.6 Å². The number of hydrogen-bond acceptors (Lipinski definition) is 3. The predicted octanol–water partition coefficient (Wildman–Crippen LogP) is 4.34. The summed E-state index contributed by atoms with van der Waals surface area (Å²) >= 11 is 6.00. The van der Waals surface area contributed by atoms with Gasteiger partial charge in [0.2, 0.25) is 0 Å². The van der Waals surface area contributed by atoms with E-state index in [-0.39, 0.29) is 24.5 Å². The Balaban J connectivity index is 2.12. The first-order chi connectivity index (χ1) is 13.4. The zero-order valence-electron chi connectivity index (χ0n) is 15.7. The first-order valence-corrected chi connectivity index (χ1v) is 10.7. The maximum absolute atomic E-state index is 13.6. The molecule has 0 atom stereocenters. The van der Waals surface area contributed by atoms with E-state index in [0.717, 1.165) is 0 Å². The Labute approximate surface area is 171 Å². The van der Waals surface area contributed by atoms with Crippen molar-refractivity contribution in [1.29, 1.82) is 0 Å². The molecule has 1 fully saturated rings. The van der Waals surface area contributed by atoms with Crippen molar-refractivity contribution >= 4 is 33.2 Å². The van der Waals surface area contributed by atoms with Crippen LogP contribution in [0.3, 0.4) is 0 Å². The highest BCUT2D eigenvalue weighted by molar-refractivity contribution is 7.92. The van der Waals surface area contributed by atoms with Crippen LogP contribution in [0.1, 0.15) is 40.2 Å². The van der Waals surface area contributed by atoms with Crippen LogP contribution in [0.25, 0.3) is 0 Å². The van der Waals surface area contributed by atoms with Crippen LogP contribution in [-0.2, 0) is 16.2 Å². The summed E-state index contributed by atoms with van der Waals surface area (Å²) in [5.41, 5.74) is -1.74. The Morgan fingerprint density at radius 1 is 1.21 bits per heavy atom. The van der Waals surface area contributed by atoms with E-state index < -0.39 is 38.3 Å². The number of anilines is 1. The SMILES string of the molecule is Cc1ccc(NS(=O)(=O)c2c(C)[nH]c(C(F)(F)F)c2C(=O)N2CCCC2)cc1Cl. The molecule has 1 aromatic heterocycles. The third kappa shape index (κ3) is 4.23. The summed E-state index contributed by atoms with van der Waals surface area (Å²) in [5, 5.41) is 0.292. The van der Waals surface area contributed by atoms with Crippen LogP contribution in [-0.4, -0.2) is 37.3 Å². The molecule has 0 bridgehead atoms. The Bertz CT molecular complexity index is 1060. The van der Waals surface area contributed by atoms with E-state index in [9.17, 15) is 26.4 Å². The highest BCUT2D eigenvalue weighted by Crippen LogP contribution is 2.38. The Morgan fingerprint density at radius 2 is 1.83 bits per heavy atom. The molecular formula is C18H19ClF3N3O3S. The summed E-state index contributed by atoms with van der Waals surface area (Å²) in [4.78, 5) is 15.4. The van der Waals surface area contributed by atoms with E-state index in [1.165, 1.54) is 24.0 Å². The van der Waals surface area contributed by atoms with Crippen molar-refractivity contribution in [1.82, 2.24) is 9.88 Å². The lowest BCUT2D eigenvalue weighted by atomic mass is 10.2. The van der Waals surface area contributed by atoms with Crippen LogP contribution in [0.15, 0.2) is 23.1 Å². The van der Waals surface area contributed by atoms with Gasteiger partial charge in [-0.3, -0.25) is 9.52 Å². The van der Waals surface area contributed by atoms with Gasteiger partial charge < -0.3 is 9.88 Å². The molecule has 11 heteroatoms. The number of alkyl halides is 3. The maximum Gasteiger partial charge on any atom is 0.432 e. The molecule has 2 aromatic rings. The van der Waals surface area contributed by atoms with Gasteiger partial charge in [-0.1, -0.05) is 17.7 Å². The van der Waals surface area contributed by atoms with Gasteiger partial charge in [-0.25, -0.2) is 8.42 Å². The summed E-state index contributed by atoms with van der Waals surface area (Å²) in [6.45, 7) is 3.47. The number of halogens is 4. The molecule has 1 saturated heterocycles. The lowest BCUT2D eigenvalue weighted by Crippen LogP contribution is -2.31. The van der Waals surface area contributed by atoms with Gasteiger partial charge in [0.05, 0.1) is 11.3 Å². The van der Waals surface area contributed by atoms with E-state index in [1.54, 1.807) is 13.0 Å². The van der Waals surface area contributed by atoms with Crippen LogP contribution < -0.4 is 4.72 Å². The highest BCUT2D eigenvalue weighted by atomic mass is 35.5. The highest BCUT2D eigenvalue weighted by Gasteiger charge is 2.43. The maximum atomic E-state index is 13.6. The molecule has 1 aliphatic heterocycles. The van der Waals surface area contributed by atoms with Gasteiger partial charge in [-0.2, -0.15) is 13.2 Å². The third-order valence-electron chi connectivity index (χ3n) is 4.71. The number of aryl methyl sites for hydroxylation is 2. The van der Waals surface area contributed by atoms with E-state index in [1.807, 2.05) is 0 Å². The number of nitrogens with one attached hydrogen (secondary N) is 2. The van der Waals surface area contributed by atoms with Crippen molar-refractivity contribution in [3.8, 4) is 0 Å². The zero-order chi connectivity index (χ0) is 21.6. The van der Waals surface area contributed by atoms with Crippen LogP contribution in [0, 0.1) is 13.8 Å². The van der Waals surface area contributed by atoms with Crippen LogP contribution in [0.5, 0.6) is 0 Å². The minimum atomic E-state index is -4.92. The third-order valence-corrected chi connectivity index (χ3v) is 6.67. The molecule has 0 saturated carbocycles. The van der Waals surface area contributed by atoms with Crippen LogP contribution in [0.2, 0.25) is 5.02 Å². The van der Waals surface area contributed by atoms with Crippen molar-refractivity contribution in [2.75, 3.05) is 17.8 Å². The average molecular weight is 450 g/mol. The number of aromatic nitrogens is 1. The second kappa shape index (κ2) is 7.56. The number of rotatable bonds is 4. The molecule has 0 aliphatic carbocycles. The number of benzene rings is 1. The number of carbonyl (C=O) groups excluding carboxylic acids is 1. The Kier molecular flexibility index (Phi) is 5.61. The summed E-state index contributed by atoms with van der Waals surface area (Å²) in [6, 6.07) is 4.36. The van der Waals surface area contributed by atoms with E-state index in [2.05, 4.69) is 9.71 Å². The van der Waals surface area contributed by atoms with Crippen molar-refractivity contribution in [2.45, 2.75) is 37.8 Å². The number of likely N-dealkylation sites (tertiary alicyclic amines) is 1. The second-order valence-electron chi connectivity index (χ2n) is 6.90. The fourth-order valence-corrected chi connectivity index (χ4v) is 4.93. The summed E-state index contributed by atoms with van der Waals surface area (Å²) in [5.74, 6) is -0.957. The molecule has 0 radical (unpaired) electrons. The molecule has 0 spiro atoms. The molecule has 3 rings (SSSR count). The molecule has 2 heterocycles. The van der Waals surface area contributed by atoms with Gasteiger partial charge in [-0.05, 0) is 44.4 Å². The van der Waals surface area contributed by atoms with Crippen molar-refractivity contribution in [2.24, 2.45) is 0 Å². The van der Waals surface area contributed by atoms with Crippen molar-refractivity contribution in [3.63, 3.8) is 0 Å². The van der Waals surface area contributed by atoms with E-state index >= 15 is 0 Å². The van der Waals surface area contributed by atoms with Crippen LogP contribution >= 0.6 is 11.6 Å². The zero-order valence-corrected chi connectivity index (χ0v) is 17.2. The molecule has 0 unspecified atom stereocenters. The number of H-pyrrole nitrogens is 1. The van der Waals surface area contributed by atoms with Gasteiger partial charge >= 0.3 is 6.18 Å². The topological polar surface area (TPSA) is 82.3 Å². The monoisotopic (exact) mass is 449 g/mol. The number of amides is 1. The van der Waals surface area contributed by atoms with Crippen molar-refractivity contribution in [3.05, 3.63) is 45.7 Å². The molecule has 1 aromatic carbocycles. The fraction of sp³-hybridized carbons (Fsp3) is 0.389. The molecule has 29 heavy (non-hydrogen) atoms. The second-order valence-corrected chi connectivity index (χ2v) is 8.92.